The summed E-state index contributed by atoms with van der Waals surface area (Å²) in [6.07, 6.45) is 3.50. The zero-order chi connectivity index (χ0) is 12.8. The van der Waals surface area contributed by atoms with Gasteiger partial charge in [-0.1, -0.05) is 19.1 Å². The van der Waals surface area contributed by atoms with Crippen molar-refractivity contribution in [2.24, 2.45) is 5.92 Å². The molecule has 1 aliphatic heterocycles. The maximum absolute atomic E-state index is 12.9. The summed E-state index contributed by atoms with van der Waals surface area (Å²) in [5.41, 5.74) is 1.24. The molecule has 1 fully saturated rings. The van der Waals surface area contributed by atoms with Crippen LogP contribution in [0.3, 0.4) is 0 Å². The quantitative estimate of drug-likeness (QED) is 0.847. The molecule has 100 valence electrons. The van der Waals surface area contributed by atoms with E-state index in [2.05, 4.69) is 24.0 Å². The second-order valence-corrected chi connectivity index (χ2v) is 6.16. The topological polar surface area (TPSA) is 12.0 Å². The highest BCUT2D eigenvalue weighted by atomic mass is 32.2. The second-order valence-electron chi connectivity index (χ2n) is 5.01. The third-order valence-electron chi connectivity index (χ3n) is 3.56. The standard InChI is InChI=1S/C15H22FNS/c1-2-8-17-15(13-7-9-18-11-13)10-12-3-5-14(16)6-4-12/h3-6,13,15,17H,2,7-11H2,1H3. The van der Waals surface area contributed by atoms with Gasteiger partial charge in [0, 0.05) is 6.04 Å². The van der Waals surface area contributed by atoms with Crippen LogP contribution in [0.1, 0.15) is 25.3 Å². The number of benzene rings is 1. The molecule has 2 atom stereocenters. The summed E-state index contributed by atoms with van der Waals surface area (Å²) in [6, 6.07) is 7.51. The lowest BCUT2D eigenvalue weighted by Gasteiger charge is -2.24. The van der Waals surface area contributed by atoms with Crippen molar-refractivity contribution in [1.29, 1.82) is 0 Å². The van der Waals surface area contributed by atoms with Gasteiger partial charge in [0.1, 0.15) is 5.82 Å². The molecule has 2 unspecified atom stereocenters. The van der Waals surface area contributed by atoms with E-state index in [1.165, 1.54) is 29.9 Å². The first kappa shape index (κ1) is 13.9. The van der Waals surface area contributed by atoms with Crippen LogP contribution in [0.25, 0.3) is 0 Å². The molecule has 18 heavy (non-hydrogen) atoms. The van der Waals surface area contributed by atoms with E-state index in [-0.39, 0.29) is 5.82 Å². The average molecular weight is 267 g/mol. The Morgan fingerprint density at radius 1 is 1.39 bits per heavy atom. The average Bonchev–Trinajstić information content (AvgIpc) is 2.90. The van der Waals surface area contributed by atoms with Crippen molar-refractivity contribution >= 4 is 11.8 Å². The molecule has 0 bridgehead atoms. The molecule has 1 aromatic carbocycles. The number of halogens is 1. The van der Waals surface area contributed by atoms with E-state index >= 15 is 0 Å². The summed E-state index contributed by atoms with van der Waals surface area (Å²) in [5.74, 6) is 3.18. The minimum Gasteiger partial charge on any atom is -0.313 e. The monoisotopic (exact) mass is 267 g/mol. The van der Waals surface area contributed by atoms with Crippen molar-refractivity contribution in [3.05, 3.63) is 35.6 Å². The van der Waals surface area contributed by atoms with Gasteiger partial charge in [0.15, 0.2) is 0 Å². The molecule has 0 amide bonds. The van der Waals surface area contributed by atoms with Crippen molar-refractivity contribution in [3.63, 3.8) is 0 Å². The third kappa shape index (κ3) is 3.99. The minimum atomic E-state index is -0.145. The Morgan fingerprint density at radius 2 is 2.17 bits per heavy atom. The summed E-state index contributed by atoms with van der Waals surface area (Å²) >= 11 is 2.06. The molecule has 1 heterocycles. The molecular weight excluding hydrogens is 245 g/mol. The maximum atomic E-state index is 12.9. The SMILES string of the molecule is CCCNC(Cc1ccc(F)cc1)C1CCSC1. The van der Waals surface area contributed by atoms with E-state index < -0.39 is 0 Å². The molecular formula is C15H22FNS. The minimum absolute atomic E-state index is 0.145. The molecule has 1 nitrogen and oxygen atoms in total. The molecule has 0 spiro atoms. The fourth-order valence-electron chi connectivity index (χ4n) is 2.48. The Bertz CT molecular complexity index is 346. The van der Waals surface area contributed by atoms with Crippen molar-refractivity contribution in [2.75, 3.05) is 18.1 Å². The van der Waals surface area contributed by atoms with E-state index in [1.807, 2.05) is 12.1 Å². The zero-order valence-corrected chi connectivity index (χ0v) is 11.8. The Labute approximate surface area is 114 Å². The fraction of sp³-hybridized carbons (Fsp3) is 0.600. The first-order valence-corrected chi connectivity index (χ1v) is 8.00. The highest BCUT2D eigenvalue weighted by molar-refractivity contribution is 7.99. The maximum Gasteiger partial charge on any atom is 0.123 e. The number of hydrogen-bond acceptors (Lipinski definition) is 2. The largest absolute Gasteiger partial charge is 0.313 e. The summed E-state index contributed by atoms with van der Waals surface area (Å²) in [7, 11) is 0. The first-order valence-electron chi connectivity index (χ1n) is 6.85. The summed E-state index contributed by atoms with van der Waals surface area (Å²) in [6.45, 7) is 3.28. The van der Waals surface area contributed by atoms with Gasteiger partial charge in [0.05, 0.1) is 0 Å². The smallest absolute Gasteiger partial charge is 0.123 e. The van der Waals surface area contributed by atoms with Gasteiger partial charge in [-0.2, -0.15) is 11.8 Å². The predicted molar refractivity (Wildman–Crippen MR) is 77.6 cm³/mol. The summed E-state index contributed by atoms with van der Waals surface area (Å²) in [4.78, 5) is 0. The van der Waals surface area contributed by atoms with E-state index in [9.17, 15) is 4.39 Å². The molecule has 1 saturated heterocycles. The van der Waals surface area contributed by atoms with Crippen LogP contribution in [0.4, 0.5) is 4.39 Å². The highest BCUT2D eigenvalue weighted by Crippen LogP contribution is 2.27. The van der Waals surface area contributed by atoms with Crippen LogP contribution < -0.4 is 5.32 Å². The lowest BCUT2D eigenvalue weighted by molar-refractivity contribution is 0.380. The number of rotatable bonds is 6. The fourth-order valence-corrected chi connectivity index (χ4v) is 3.82. The van der Waals surface area contributed by atoms with Gasteiger partial charge >= 0.3 is 0 Å². The Kier molecular flexibility index (Phi) is 5.51. The van der Waals surface area contributed by atoms with E-state index in [4.69, 9.17) is 0 Å². The van der Waals surface area contributed by atoms with Crippen molar-refractivity contribution in [2.45, 2.75) is 32.2 Å². The van der Waals surface area contributed by atoms with Gasteiger partial charge in [0.25, 0.3) is 0 Å². The van der Waals surface area contributed by atoms with Crippen molar-refractivity contribution < 1.29 is 4.39 Å². The van der Waals surface area contributed by atoms with Gasteiger partial charge in [0.2, 0.25) is 0 Å². The van der Waals surface area contributed by atoms with Crippen LogP contribution in [0.15, 0.2) is 24.3 Å². The molecule has 0 aliphatic carbocycles. The molecule has 0 aromatic heterocycles. The number of hydrogen-bond donors (Lipinski definition) is 1. The van der Waals surface area contributed by atoms with Crippen LogP contribution in [-0.2, 0) is 6.42 Å². The predicted octanol–water partition coefficient (Wildman–Crippen LogP) is 3.49. The van der Waals surface area contributed by atoms with Crippen LogP contribution in [-0.4, -0.2) is 24.1 Å². The lowest BCUT2D eigenvalue weighted by atomic mass is 9.93. The van der Waals surface area contributed by atoms with Crippen LogP contribution >= 0.6 is 11.8 Å². The van der Waals surface area contributed by atoms with Gasteiger partial charge in [-0.15, -0.1) is 0 Å². The van der Waals surface area contributed by atoms with E-state index in [1.54, 1.807) is 12.1 Å². The van der Waals surface area contributed by atoms with Gasteiger partial charge in [-0.3, -0.25) is 0 Å². The Morgan fingerprint density at radius 3 is 2.78 bits per heavy atom. The highest BCUT2D eigenvalue weighted by Gasteiger charge is 2.24. The molecule has 0 saturated carbocycles. The van der Waals surface area contributed by atoms with Crippen molar-refractivity contribution in [3.8, 4) is 0 Å². The lowest BCUT2D eigenvalue weighted by Crippen LogP contribution is -2.38. The molecule has 1 aromatic rings. The second kappa shape index (κ2) is 7.15. The summed E-state index contributed by atoms with van der Waals surface area (Å²) in [5, 5.41) is 3.67. The van der Waals surface area contributed by atoms with Gasteiger partial charge in [-0.25, -0.2) is 4.39 Å². The number of nitrogens with one attached hydrogen (secondary N) is 1. The Hall–Kier alpha value is -0.540. The van der Waals surface area contributed by atoms with Crippen LogP contribution in [0.2, 0.25) is 0 Å². The normalized spacial score (nSPS) is 21.1. The number of thioether (sulfide) groups is 1. The van der Waals surface area contributed by atoms with Crippen molar-refractivity contribution in [1.82, 2.24) is 5.32 Å². The van der Waals surface area contributed by atoms with E-state index in [0.29, 0.717) is 6.04 Å². The van der Waals surface area contributed by atoms with Crippen LogP contribution in [0, 0.1) is 11.7 Å². The van der Waals surface area contributed by atoms with Gasteiger partial charge < -0.3 is 5.32 Å². The molecule has 2 rings (SSSR count). The first-order chi connectivity index (χ1) is 8.79. The zero-order valence-electron chi connectivity index (χ0n) is 11.0. The Balaban J connectivity index is 1.97. The molecule has 3 heteroatoms. The summed E-state index contributed by atoms with van der Waals surface area (Å²) < 4.78 is 12.9. The molecule has 1 aliphatic rings. The molecule has 0 radical (unpaired) electrons. The van der Waals surface area contributed by atoms with Crippen LogP contribution in [0.5, 0.6) is 0 Å². The third-order valence-corrected chi connectivity index (χ3v) is 4.75. The molecule has 1 N–H and O–H groups in total. The van der Waals surface area contributed by atoms with Gasteiger partial charge in [-0.05, 0) is 60.9 Å². The van der Waals surface area contributed by atoms with E-state index in [0.717, 1.165) is 18.9 Å².